The highest BCUT2D eigenvalue weighted by Crippen LogP contribution is 2.30. The highest BCUT2D eigenvalue weighted by molar-refractivity contribution is 7.15. The highest BCUT2D eigenvalue weighted by atomic mass is 32.1. The third-order valence-electron chi connectivity index (χ3n) is 3.80. The molecule has 0 aliphatic carbocycles. The van der Waals surface area contributed by atoms with Crippen molar-refractivity contribution in [3.63, 3.8) is 0 Å². The van der Waals surface area contributed by atoms with Gasteiger partial charge in [0.1, 0.15) is 10.8 Å². The largest absolute Gasteiger partial charge is 0.342 e. The third-order valence-corrected chi connectivity index (χ3v) is 5.81. The minimum atomic E-state index is -0.207. The van der Waals surface area contributed by atoms with Gasteiger partial charge in [-0.2, -0.15) is 0 Å². The van der Waals surface area contributed by atoms with Gasteiger partial charge >= 0.3 is 0 Å². The zero-order valence-electron chi connectivity index (χ0n) is 11.8. The zero-order chi connectivity index (χ0) is 14.9. The molecule has 3 nitrogen and oxygen atoms in total. The maximum Gasteiger partial charge on any atom is 0.208 e. The van der Waals surface area contributed by atoms with E-state index < -0.39 is 0 Å². The van der Waals surface area contributed by atoms with Gasteiger partial charge in [-0.15, -0.1) is 21.5 Å². The summed E-state index contributed by atoms with van der Waals surface area (Å²) in [5, 5.41) is 12.7. The lowest BCUT2D eigenvalue weighted by atomic mass is 10.1. The van der Waals surface area contributed by atoms with Crippen molar-refractivity contribution in [2.45, 2.75) is 19.4 Å². The molecule has 1 aliphatic heterocycles. The first-order valence-corrected chi connectivity index (χ1v) is 8.84. The summed E-state index contributed by atoms with van der Waals surface area (Å²) in [6.07, 6.45) is 1.79. The number of aromatic nitrogens is 2. The number of anilines is 1. The fourth-order valence-corrected chi connectivity index (χ4v) is 4.42. The van der Waals surface area contributed by atoms with Crippen molar-refractivity contribution in [3.05, 3.63) is 62.5 Å². The van der Waals surface area contributed by atoms with Crippen LogP contribution in [0.2, 0.25) is 0 Å². The molecule has 0 atom stereocenters. The van der Waals surface area contributed by atoms with Gasteiger partial charge in [0.2, 0.25) is 5.13 Å². The number of fused-ring (bicyclic) bond motifs is 1. The summed E-state index contributed by atoms with van der Waals surface area (Å²) in [5.41, 5.74) is 2.47. The average molecular weight is 331 g/mol. The Morgan fingerprint density at radius 2 is 2.00 bits per heavy atom. The SMILES string of the molecule is Fc1ccc(Cc2nnc(N3CCc4sccc4C3)s2)cc1. The zero-order valence-corrected chi connectivity index (χ0v) is 13.5. The number of hydrogen-bond acceptors (Lipinski definition) is 5. The standard InChI is InChI=1S/C16H14FN3S2/c17-13-3-1-11(2-4-13)9-15-18-19-16(22-15)20-7-5-14-12(10-20)6-8-21-14/h1-4,6,8H,5,7,9-10H2. The normalized spacial score (nSPS) is 14.1. The van der Waals surface area contributed by atoms with Gasteiger partial charge in [-0.1, -0.05) is 23.5 Å². The third kappa shape index (κ3) is 2.76. The minimum absolute atomic E-state index is 0.207. The van der Waals surface area contributed by atoms with Gasteiger partial charge in [0.25, 0.3) is 0 Å². The van der Waals surface area contributed by atoms with E-state index in [0.717, 1.165) is 35.2 Å². The fraction of sp³-hybridized carbons (Fsp3) is 0.250. The molecule has 1 aliphatic rings. The Morgan fingerprint density at radius 1 is 1.14 bits per heavy atom. The summed E-state index contributed by atoms with van der Waals surface area (Å²) < 4.78 is 12.9. The van der Waals surface area contributed by atoms with Gasteiger partial charge in [0.15, 0.2) is 0 Å². The number of hydrogen-bond donors (Lipinski definition) is 0. The van der Waals surface area contributed by atoms with E-state index in [0.29, 0.717) is 6.42 Å². The Bertz CT molecular complexity index is 779. The van der Waals surface area contributed by atoms with Crippen LogP contribution < -0.4 is 4.90 Å². The molecule has 0 N–H and O–H groups in total. The van der Waals surface area contributed by atoms with Gasteiger partial charge in [0, 0.05) is 24.4 Å². The smallest absolute Gasteiger partial charge is 0.208 e. The molecule has 2 aromatic heterocycles. The predicted octanol–water partition coefficient (Wildman–Crippen LogP) is 3.89. The van der Waals surface area contributed by atoms with Crippen molar-refractivity contribution in [2.24, 2.45) is 0 Å². The molecule has 112 valence electrons. The van der Waals surface area contributed by atoms with Gasteiger partial charge in [-0.3, -0.25) is 0 Å². The van der Waals surface area contributed by atoms with Crippen LogP contribution in [0.3, 0.4) is 0 Å². The van der Waals surface area contributed by atoms with E-state index in [-0.39, 0.29) is 5.82 Å². The van der Waals surface area contributed by atoms with Crippen LogP contribution in [-0.2, 0) is 19.4 Å². The van der Waals surface area contributed by atoms with Crippen molar-refractivity contribution in [3.8, 4) is 0 Å². The van der Waals surface area contributed by atoms with Gasteiger partial charge in [-0.25, -0.2) is 4.39 Å². The summed E-state index contributed by atoms with van der Waals surface area (Å²) in [6, 6.07) is 8.77. The lowest BCUT2D eigenvalue weighted by Gasteiger charge is -2.25. The van der Waals surface area contributed by atoms with Gasteiger partial charge in [0.05, 0.1) is 0 Å². The molecule has 0 unspecified atom stereocenters. The molecule has 22 heavy (non-hydrogen) atoms. The Labute approximate surface area is 136 Å². The molecule has 4 rings (SSSR count). The van der Waals surface area contributed by atoms with Gasteiger partial charge in [-0.05, 0) is 41.1 Å². The number of nitrogens with zero attached hydrogens (tertiary/aromatic N) is 3. The number of halogens is 1. The summed E-state index contributed by atoms with van der Waals surface area (Å²) in [6.45, 7) is 1.92. The minimum Gasteiger partial charge on any atom is -0.342 e. The maximum atomic E-state index is 12.9. The summed E-state index contributed by atoms with van der Waals surface area (Å²) in [7, 11) is 0. The highest BCUT2D eigenvalue weighted by Gasteiger charge is 2.20. The molecule has 0 saturated heterocycles. The Hall–Kier alpha value is -1.79. The second-order valence-electron chi connectivity index (χ2n) is 5.32. The summed E-state index contributed by atoms with van der Waals surface area (Å²) >= 11 is 3.47. The lowest BCUT2D eigenvalue weighted by Crippen LogP contribution is -2.29. The van der Waals surface area contributed by atoms with Crippen LogP contribution in [0.15, 0.2) is 35.7 Å². The molecule has 0 amide bonds. The van der Waals surface area contributed by atoms with E-state index in [1.165, 1.54) is 22.6 Å². The van der Waals surface area contributed by atoms with Crippen LogP contribution in [0, 0.1) is 5.82 Å². The molecule has 6 heteroatoms. The van der Waals surface area contributed by atoms with E-state index in [1.54, 1.807) is 23.5 Å². The molecule has 0 fully saturated rings. The van der Waals surface area contributed by atoms with Crippen LogP contribution in [0.4, 0.5) is 9.52 Å². The molecule has 3 aromatic rings. The van der Waals surface area contributed by atoms with Crippen molar-refractivity contribution < 1.29 is 4.39 Å². The molecule has 1 aromatic carbocycles. The topological polar surface area (TPSA) is 29.0 Å². The van der Waals surface area contributed by atoms with Gasteiger partial charge < -0.3 is 4.90 Å². The van der Waals surface area contributed by atoms with E-state index >= 15 is 0 Å². The van der Waals surface area contributed by atoms with Crippen LogP contribution >= 0.6 is 22.7 Å². The average Bonchev–Trinajstić information content (AvgIpc) is 3.17. The summed E-state index contributed by atoms with van der Waals surface area (Å²) in [5.74, 6) is -0.207. The van der Waals surface area contributed by atoms with E-state index in [4.69, 9.17) is 0 Å². The molecular formula is C16H14FN3S2. The molecule has 0 saturated carbocycles. The Morgan fingerprint density at radius 3 is 2.86 bits per heavy atom. The quantitative estimate of drug-likeness (QED) is 0.729. The number of rotatable bonds is 3. The molecule has 0 spiro atoms. The van der Waals surface area contributed by atoms with Crippen molar-refractivity contribution in [1.29, 1.82) is 0 Å². The maximum absolute atomic E-state index is 12.9. The number of benzene rings is 1. The first-order chi connectivity index (χ1) is 10.8. The molecular weight excluding hydrogens is 317 g/mol. The molecule has 0 radical (unpaired) electrons. The molecule has 0 bridgehead atoms. The second kappa shape index (κ2) is 5.78. The van der Waals surface area contributed by atoms with Crippen LogP contribution in [-0.4, -0.2) is 16.7 Å². The first-order valence-electron chi connectivity index (χ1n) is 7.15. The first kappa shape index (κ1) is 13.8. The Balaban J connectivity index is 1.49. The lowest BCUT2D eigenvalue weighted by molar-refractivity contribution is 0.627. The van der Waals surface area contributed by atoms with Crippen LogP contribution in [0.5, 0.6) is 0 Å². The van der Waals surface area contributed by atoms with E-state index in [2.05, 4.69) is 26.5 Å². The van der Waals surface area contributed by atoms with E-state index in [9.17, 15) is 4.39 Å². The number of thiophene rings is 1. The monoisotopic (exact) mass is 331 g/mol. The van der Waals surface area contributed by atoms with Crippen LogP contribution in [0.25, 0.3) is 0 Å². The predicted molar refractivity (Wildman–Crippen MR) is 88.2 cm³/mol. The summed E-state index contributed by atoms with van der Waals surface area (Å²) in [4.78, 5) is 3.79. The molecule has 3 heterocycles. The second-order valence-corrected chi connectivity index (χ2v) is 7.36. The van der Waals surface area contributed by atoms with Crippen molar-refractivity contribution >= 4 is 27.8 Å². The Kier molecular flexibility index (Phi) is 3.63. The fourth-order valence-electron chi connectivity index (χ4n) is 2.63. The van der Waals surface area contributed by atoms with Crippen LogP contribution in [0.1, 0.15) is 21.0 Å². The van der Waals surface area contributed by atoms with E-state index in [1.807, 2.05) is 11.3 Å². The van der Waals surface area contributed by atoms with Crippen molar-refractivity contribution in [1.82, 2.24) is 10.2 Å². The van der Waals surface area contributed by atoms with Crippen molar-refractivity contribution in [2.75, 3.05) is 11.4 Å².